The number of para-hydroxylation sites is 1. The summed E-state index contributed by atoms with van der Waals surface area (Å²) in [6, 6.07) is 11.7. The van der Waals surface area contributed by atoms with Crippen LogP contribution in [-0.2, 0) is 11.2 Å². The summed E-state index contributed by atoms with van der Waals surface area (Å²) in [6.45, 7) is 6.12. The molecule has 0 unspecified atom stereocenters. The summed E-state index contributed by atoms with van der Waals surface area (Å²) in [7, 11) is 0. The first kappa shape index (κ1) is 15.9. The molecule has 0 saturated carbocycles. The molecule has 2 aromatic rings. The van der Waals surface area contributed by atoms with Crippen LogP contribution in [0.25, 0.3) is 0 Å². The van der Waals surface area contributed by atoms with Crippen molar-refractivity contribution in [2.75, 3.05) is 10.6 Å². The second-order valence-corrected chi connectivity index (χ2v) is 5.59. The topological polar surface area (TPSA) is 66.9 Å². The summed E-state index contributed by atoms with van der Waals surface area (Å²) in [5, 5.41) is 14.1. The van der Waals surface area contributed by atoms with Gasteiger partial charge in [0.1, 0.15) is 0 Å². The molecule has 1 aromatic heterocycles. The Kier molecular flexibility index (Phi) is 5.47. The van der Waals surface area contributed by atoms with Gasteiger partial charge in [0.2, 0.25) is 5.91 Å². The second kappa shape index (κ2) is 7.54. The van der Waals surface area contributed by atoms with Crippen molar-refractivity contribution < 1.29 is 4.79 Å². The first-order valence-electron chi connectivity index (χ1n) is 7.57. The molecule has 0 aliphatic heterocycles. The highest BCUT2D eigenvalue weighted by Gasteiger charge is 2.07. The molecule has 0 radical (unpaired) electrons. The van der Waals surface area contributed by atoms with Crippen molar-refractivity contribution in [2.45, 2.75) is 33.6 Å². The van der Waals surface area contributed by atoms with E-state index in [1.54, 1.807) is 6.07 Å². The van der Waals surface area contributed by atoms with Crippen molar-refractivity contribution in [3.05, 3.63) is 42.0 Å². The predicted molar refractivity (Wildman–Crippen MR) is 89.2 cm³/mol. The van der Waals surface area contributed by atoms with Crippen molar-refractivity contribution in [3.63, 3.8) is 0 Å². The Hall–Kier alpha value is -2.43. The second-order valence-electron chi connectivity index (χ2n) is 5.59. The van der Waals surface area contributed by atoms with E-state index in [1.807, 2.05) is 38.1 Å². The third-order valence-corrected chi connectivity index (χ3v) is 3.19. The minimum atomic E-state index is -0.0404. The fraction of sp³-hybridized carbons (Fsp3) is 0.353. The van der Waals surface area contributed by atoms with Crippen LogP contribution >= 0.6 is 0 Å². The Labute approximate surface area is 131 Å². The molecule has 0 saturated heterocycles. The van der Waals surface area contributed by atoms with Crippen LogP contribution in [0.4, 0.5) is 17.3 Å². The Morgan fingerprint density at radius 2 is 1.77 bits per heavy atom. The molecule has 0 aliphatic rings. The summed E-state index contributed by atoms with van der Waals surface area (Å²) >= 11 is 0. The maximum atomic E-state index is 11.7. The Morgan fingerprint density at radius 3 is 2.41 bits per heavy atom. The number of aromatic nitrogens is 2. The van der Waals surface area contributed by atoms with Crippen LogP contribution in [0.5, 0.6) is 0 Å². The van der Waals surface area contributed by atoms with Gasteiger partial charge in [0.05, 0.1) is 0 Å². The van der Waals surface area contributed by atoms with E-state index in [0.717, 1.165) is 12.1 Å². The van der Waals surface area contributed by atoms with Gasteiger partial charge in [0, 0.05) is 12.1 Å². The van der Waals surface area contributed by atoms with Gasteiger partial charge < -0.3 is 10.6 Å². The summed E-state index contributed by atoms with van der Waals surface area (Å²) in [5.74, 6) is 1.41. The number of hydrogen-bond acceptors (Lipinski definition) is 4. The van der Waals surface area contributed by atoms with Gasteiger partial charge in [-0.2, -0.15) is 0 Å². The Balaban J connectivity index is 2.01. The van der Waals surface area contributed by atoms with Gasteiger partial charge in [0.15, 0.2) is 11.6 Å². The number of amides is 1. The van der Waals surface area contributed by atoms with Crippen LogP contribution in [0, 0.1) is 5.92 Å². The van der Waals surface area contributed by atoms with E-state index < -0.39 is 0 Å². The SMILES string of the molecule is CCc1ccccc1Nc1ccc(NC(=O)CC(C)C)nn1. The number of hydrogen-bond donors (Lipinski definition) is 2. The van der Waals surface area contributed by atoms with E-state index in [2.05, 4.69) is 33.8 Å². The average Bonchev–Trinajstić information content (AvgIpc) is 2.49. The highest BCUT2D eigenvalue weighted by molar-refractivity contribution is 5.89. The molecule has 1 heterocycles. The lowest BCUT2D eigenvalue weighted by molar-refractivity contribution is -0.116. The smallest absolute Gasteiger partial charge is 0.225 e. The zero-order valence-electron chi connectivity index (χ0n) is 13.3. The first-order valence-corrected chi connectivity index (χ1v) is 7.57. The standard InChI is InChI=1S/C17H22N4O/c1-4-13-7-5-6-8-14(13)18-15-9-10-16(21-20-15)19-17(22)11-12(2)3/h5-10,12H,4,11H2,1-3H3,(H,18,20)(H,19,21,22). The predicted octanol–water partition coefficient (Wildman–Crippen LogP) is 3.77. The number of anilines is 3. The lowest BCUT2D eigenvalue weighted by Crippen LogP contribution is -2.15. The van der Waals surface area contributed by atoms with E-state index in [1.165, 1.54) is 5.56 Å². The number of carbonyl (C=O) groups excluding carboxylic acids is 1. The number of nitrogens with one attached hydrogen (secondary N) is 2. The molecule has 5 nitrogen and oxygen atoms in total. The van der Waals surface area contributed by atoms with Crippen LogP contribution < -0.4 is 10.6 Å². The molecule has 2 N–H and O–H groups in total. The van der Waals surface area contributed by atoms with Crippen LogP contribution in [-0.4, -0.2) is 16.1 Å². The summed E-state index contributed by atoms with van der Waals surface area (Å²) in [6.07, 6.45) is 1.42. The van der Waals surface area contributed by atoms with Crippen molar-refractivity contribution in [1.82, 2.24) is 10.2 Å². The van der Waals surface area contributed by atoms with Gasteiger partial charge in [-0.1, -0.05) is 39.0 Å². The first-order chi connectivity index (χ1) is 10.6. The highest BCUT2D eigenvalue weighted by Crippen LogP contribution is 2.20. The largest absolute Gasteiger partial charge is 0.339 e. The zero-order chi connectivity index (χ0) is 15.9. The van der Waals surface area contributed by atoms with E-state index >= 15 is 0 Å². The van der Waals surface area contributed by atoms with Crippen molar-refractivity contribution in [3.8, 4) is 0 Å². The minimum Gasteiger partial charge on any atom is -0.339 e. The Morgan fingerprint density at radius 1 is 1.09 bits per heavy atom. The zero-order valence-corrected chi connectivity index (χ0v) is 13.3. The molecule has 1 amide bonds. The summed E-state index contributed by atoms with van der Waals surface area (Å²) < 4.78 is 0. The van der Waals surface area contributed by atoms with E-state index in [-0.39, 0.29) is 5.91 Å². The van der Waals surface area contributed by atoms with E-state index in [9.17, 15) is 4.79 Å². The molecule has 0 aliphatic carbocycles. The fourth-order valence-electron chi connectivity index (χ4n) is 2.12. The van der Waals surface area contributed by atoms with Crippen LogP contribution in [0.15, 0.2) is 36.4 Å². The monoisotopic (exact) mass is 298 g/mol. The molecular weight excluding hydrogens is 276 g/mol. The normalized spacial score (nSPS) is 10.5. The highest BCUT2D eigenvalue weighted by atomic mass is 16.1. The summed E-state index contributed by atoms with van der Waals surface area (Å²) in [5.41, 5.74) is 2.24. The average molecular weight is 298 g/mol. The molecule has 0 atom stereocenters. The van der Waals surface area contributed by atoms with Crippen LogP contribution in [0.3, 0.4) is 0 Å². The quantitative estimate of drug-likeness (QED) is 0.852. The lowest BCUT2D eigenvalue weighted by atomic mass is 10.1. The third-order valence-electron chi connectivity index (χ3n) is 3.19. The van der Waals surface area contributed by atoms with E-state index in [0.29, 0.717) is 24.0 Å². The molecule has 0 spiro atoms. The van der Waals surface area contributed by atoms with Gasteiger partial charge in [0.25, 0.3) is 0 Å². The molecule has 2 rings (SSSR count). The van der Waals surface area contributed by atoms with Crippen LogP contribution in [0.1, 0.15) is 32.8 Å². The molecule has 22 heavy (non-hydrogen) atoms. The number of aryl methyl sites for hydroxylation is 1. The third kappa shape index (κ3) is 4.55. The van der Waals surface area contributed by atoms with Gasteiger partial charge >= 0.3 is 0 Å². The minimum absolute atomic E-state index is 0.0404. The number of rotatable bonds is 6. The molecule has 1 aromatic carbocycles. The van der Waals surface area contributed by atoms with Crippen LogP contribution in [0.2, 0.25) is 0 Å². The van der Waals surface area contributed by atoms with Gasteiger partial charge in [-0.25, -0.2) is 0 Å². The maximum absolute atomic E-state index is 11.7. The maximum Gasteiger partial charge on any atom is 0.225 e. The van der Waals surface area contributed by atoms with Gasteiger partial charge in [-0.05, 0) is 36.1 Å². The van der Waals surface area contributed by atoms with E-state index in [4.69, 9.17) is 0 Å². The van der Waals surface area contributed by atoms with Gasteiger partial charge in [-0.3, -0.25) is 4.79 Å². The lowest BCUT2D eigenvalue weighted by Gasteiger charge is -2.10. The van der Waals surface area contributed by atoms with Crippen molar-refractivity contribution in [2.24, 2.45) is 5.92 Å². The molecule has 0 bridgehead atoms. The van der Waals surface area contributed by atoms with Gasteiger partial charge in [-0.15, -0.1) is 10.2 Å². The molecule has 0 fully saturated rings. The number of nitrogens with zero attached hydrogens (tertiary/aromatic N) is 2. The molecule has 5 heteroatoms. The molecule has 116 valence electrons. The Bertz CT molecular complexity index is 623. The number of benzene rings is 1. The molecular formula is C17H22N4O. The van der Waals surface area contributed by atoms with Crippen molar-refractivity contribution >= 4 is 23.2 Å². The summed E-state index contributed by atoms with van der Waals surface area (Å²) in [4.78, 5) is 11.7. The number of carbonyl (C=O) groups is 1. The fourth-order valence-corrected chi connectivity index (χ4v) is 2.12. The van der Waals surface area contributed by atoms with Crippen molar-refractivity contribution in [1.29, 1.82) is 0 Å².